The molecule has 0 radical (unpaired) electrons. The number of hydrogen-bond acceptors (Lipinski definition) is 5. The Bertz CT molecular complexity index is 539. The number of likely N-dealkylation sites (tertiary alicyclic amines) is 1. The van der Waals surface area contributed by atoms with Crippen LogP contribution in [0.5, 0.6) is 0 Å². The number of nitrogens with zero attached hydrogens (tertiary/aromatic N) is 2. The lowest BCUT2D eigenvalue weighted by Gasteiger charge is -2.33. The van der Waals surface area contributed by atoms with Gasteiger partial charge in [0.2, 0.25) is 5.91 Å². The lowest BCUT2D eigenvalue weighted by Crippen LogP contribution is -2.41. The van der Waals surface area contributed by atoms with Crippen LogP contribution in [0.15, 0.2) is 16.5 Å². The van der Waals surface area contributed by atoms with Crippen LogP contribution in [0, 0.1) is 5.92 Å². The van der Waals surface area contributed by atoms with E-state index in [4.69, 9.17) is 13.9 Å². The Morgan fingerprint density at radius 3 is 2.84 bits per heavy atom. The van der Waals surface area contributed by atoms with Crippen LogP contribution in [0.25, 0.3) is 0 Å². The smallest absolute Gasteiger partial charge is 0.222 e. The number of piperidine rings is 1. The third-order valence-electron chi connectivity index (χ3n) is 5.12. The number of furan rings is 1. The van der Waals surface area contributed by atoms with E-state index in [2.05, 4.69) is 4.90 Å². The number of amides is 1. The highest BCUT2D eigenvalue weighted by atomic mass is 16.5. The quantitative estimate of drug-likeness (QED) is 0.755. The van der Waals surface area contributed by atoms with Gasteiger partial charge in [-0.1, -0.05) is 0 Å². The maximum absolute atomic E-state index is 12.3. The molecule has 25 heavy (non-hydrogen) atoms. The zero-order valence-corrected chi connectivity index (χ0v) is 15.2. The molecule has 1 amide bonds. The van der Waals surface area contributed by atoms with E-state index in [0.717, 1.165) is 50.7 Å². The van der Waals surface area contributed by atoms with Crippen LogP contribution in [0.4, 0.5) is 0 Å². The lowest BCUT2D eigenvalue weighted by molar-refractivity contribution is -0.135. The standard InChI is InChI=1S/C19H30N2O4/c1-23-15-18-6-5-17(25-18)14-20-8-2-3-16(13-20)4-7-19(22)21-9-11-24-12-10-21/h5-6,16H,2-4,7-15H2,1H3. The van der Waals surface area contributed by atoms with Gasteiger partial charge < -0.3 is 18.8 Å². The lowest BCUT2D eigenvalue weighted by atomic mass is 9.93. The number of ether oxygens (including phenoxy) is 2. The van der Waals surface area contributed by atoms with Gasteiger partial charge in [-0.05, 0) is 43.9 Å². The molecule has 0 aliphatic carbocycles. The molecular formula is C19H30N2O4. The number of carbonyl (C=O) groups is 1. The van der Waals surface area contributed by atoms with E-state index in [0.29, 0.717) is 32.2 Å². The first-order chi connectivity index (χ1) is 12.2. The molecule has 0 saturated carbocycles. The van der Waals surface area contributed by atoms with E-state index < -0.39 is 0 Å². The van der Waals surface area contributed by atoms with E-state index in [1.54, 1.807) is 7.11 Å². The van der Waals surface area contributed by atoms with Crippen LogP contribution in [-0.4, -0.2) is 62.2 Å². The largest absolute Gasteiger partial charge is 0.462 e. The van der Waals surface area contributed by atoms with Crippen LogP contribution in [-0.2, 0) is 27.4 Å². The SMILES string of the molecule is COCc1ccc(CN2CCCC(CCC(=O)N3CCOCC3)C2)o1. The Kier molecular flexibility index (Phi) is 6.90. The maximum atomic E-state index is 12.3. The zero-order chi connectivity index (χ0) is 17.5. The highest BCUT2D eigenvalue weighted by molar-refractivity contribution is 5.76. The third-order valence-corrected chi connectivity index (χ3v) is 5.12. The van der Waals surface area contributed by atoms with Gasteiger partial charge in [-0.25, -0.2) is 0 Å². The summed E-state index contributed by atoms with van der Waals surface area (Å²) in [7, 11) is 1.68. The van der Waals surface area contributed by atoms with Crippen molar-refractivity contribution in [2.45, 2.75) is 38.8 Å². The Morgan fingerprint density at radius 1 is 1.24 bits per heavy atom. The Labute approximate surface area is 150 Å². The van der Waals surface area contributed by atoms with Gasteiger partial charge in [0.1, 0.15) is 18.1 Å². The van der Waals surface area contributed by atoms with Gasteiger partial charge in [-0.2, -0.15) is 0 Å². The second-order valence-corrected chi connectivity index (χ2v) is 7.08. The minimum absolute atomic E-state index is 0.288. The molecule has 0 bridgehead atoms. The van der Waals surface area contributed by atoms with Crippen LogP contribution < -0.4 is 0 Å². The normalized spacial score (nSPS) is 22.3. The van der Waals surface area contributed by atoms with E-state index >= 15 is 0 Å². The molecule has 0 aromatic carbocycles. The second-order valence-electron chi connectivity index (χ2n) is 7.08. The molecule has 2 aliphatic rings. The molecule has 2 fully saturated rings. The first kappa shape index (κ1) is 18.4. The topological polar surface area (TPSA) is 55.2 Å². The van der Waals surface area contributed by atoms with E-state index in [1.807, 2.05) is 17.0 Å². The summed E-state index contributed by atoms with van der Waals surface area (Å²) in [5.74, 6) is 2.77. The third kappa shape index (κ3) is 5.56. The number of rotatable bonds is 7. The van der Waals surface area contributed by atoms with Crippen molar-refractivity contribution in [3.05, 3.63) is 23.7 Å². The summed E-state index contributed by atoms with van der Waals surface area (Å²) in [6.07, 6.45) is 4.07. The van der Waals surface area contributed by atoms with Gasteiger partial charge >= 0.3 is 0 Å². The fraction of sp³-hybridized carbons (Fsp3) is 0.737. The molecule has 140 valence electrons. The Hall–Kier alpha value is -1.37. The molecule has 6 heteroatoms. The van der Waals surface area contributed by atoms with E-state index in [-0.39, 0.29) is 5.91 Å². The average molecular weight is 350 g/mol. The van der Waals surface area contributed by atoms with Crippen LogP contribution in [0.2, 0.25) is 0 Å². The van der Waals surface area contributed by atoms with Crippen molar-refractivity contribution in [3.63, 3.8) is 0 Å². The fourth-order valence-corrected chi connectivity index (χ4v) is 3.78. The summed E-state index contributed by atoms with van der Waals surface area (Å²) >= 11 is 0. The summed E-state index contributed by atoms with van der Waals surface area (Å²) in [6.45, 7) is 6.37. The van der Waals surface area contributed by atoms with Crippen molar-refractivity contribution in [1.29, 1.82) is 0 Å². The first-order valence-corrected chi connectivity index (χ1v) is 9.39. The molecule has 1 unspecified atom stereocenters. The van der Waals surface area contributed by atoms with Crippen LogP contribution >= 0.6 is 0 Å². The fourth-order valence-electron chi connectivity index (χ4n) is 3.78. The zero-order valence-electron chi connectivity index (χ0n) is 15.2. The molecule has 3 heterocycles. The van der Waals surface area contributed by atoms with Gasteiger partial charge in [0.15, 0.2) is 0 Å². The van der Waals surface area contributed by atoms with Crippen LogP contribution in [0.3, 0.4) is 0 Å². The summed E-state index contributed by atoms with van der Waals surface area (Å²) in [5.41, 5.74) is 0. The molecule has 1 aromatic heterocycles. The van der Waals surface area contributed by atoms with Crippen molar-refractivity contribution >= 4 is 5.91 Å². The Morgan fingerprint density at radius 2 is 2.04 bits per heavy atom. The first-order valence-electron chi connectivity index (χ1n) is 9.39. The van der Waals surface area contributed by atoms with E-state index in [9.17, 15) is 4.79 Å². The molecule has 2 aliphatic heterocycles. The van der Waals surface area contributed by atoms with Gasteiger partial charge in [0.05, 0.1) is 19.8 Å². The summed E-state index contributed by atoms with van der Waals surface area (Å²) in [5, 5.41) is 0. The summed E-state index contributed by atoms with van der Waals surface area (Å²) < 4.78 is 16.2. The molecule has 3 rings (SSSR count). The molecule has 2 saturated heterocycles. The monoisotopic (exact) mass is 350 g/mol. The van der Waals surface area contributed by atoms with Gasteiger partial charge in [0, 0.05) is 33.2 Å². The Balaban J connectivity index is 1.41. The highest BCUT2D eigenvalue weighted by Gasteiger charge is 2.23. The number of morpholine rings is 1. The van der Waals surface area contributed by atoms with E-state index in [1.165, 1.54) is 12.8 Å². The maximum Gasteiger partial charge on any atom is 0.222 e. The predicted molar refractivity (Wildman–Crippen MR) is 94.1 cm³/mol. The number of hydrogen-bond donors (Lipinski definition) is 0. The van der Waals surface area contributed by atoms with Crippen molar-refractivity contribution in [2.75, 3.05) is 46.5 Å². The van der Waals surface area contributed by atoms with Crippen molar-refractivity contribution < 1.29 is 18.7 Å². The van der Waals surface area contributed by atoms with Crippen molar-refractivity contribution in [3.8, 4) is 0 Å². The molecule has 1 aromatic rings. The van der Waals surface area contributed by atoms with Gasteiger partial charge in [0.25, 0.3) is 0 Å². The molecule has 6 nitrogen and oxygen atoms in total. The average Bonchev–Trinajstić information content (AvgIpc) is 3.08. The number of carbonyl (C=O) groups excluding carboxylic acids is 1. The second kappa shape index (κ2) is 9.36. The molecule has 1 atom stereocenters. The van der Waals surface area contributed by atoms with Crippen molar-refractivity contribution in [2.24, 2.45) is 5.92 Å². The van der Waals surface area contributed by atoms with Gasteiger partial charge in [-0.3, -0.25) is 9.69 Å². The molecular weight excluding hydrogens is 320 g/mol. The summed E-state index contributed by atoms with van der Waals surface area (Å²) in [6, 6.07) is 4.03. The van der Waals surface area contributed by atoms with Gasteiger partial charge in [-0.15, -0.1) is 0 Å². The molecule has 0 N–H and O–H groups in total. The highest BCUT2D eigenvalue weighted by Crippen LogP contribution is 2.23. The minimum Gasteiger partial charge on any atom is -0.462 e. The molecule has 0 spiro atoms. The summed E-state index contributed by atoms with van der Waals surface area (Å²) in [4.78, 5) is 16.7. The minimum atomic E-state index is 0.288. The predicted octanol–water partition coefficient (Wildman–Crippen LogP) is 2.28. The number of methoxy groups -OCH3 is 1. The van der Waals surface area contributed by atoms with Crippen molar-refractivity contribution in [1.82, 2.24) is 9.80 Å². The van der Waals surface area contributed by atoms with Crippen LogP contribution in [0.1, 0.15) is 37.2 Å².